The van der Waals surface area contributed by atoms with Crippen LogP contribution in [0, 0.1) is 5.92 Å². The van der Waals surface area contributed by atoms with Gasteiger partial charge in [-0.1, -0.05) is 0 Å². The molecule has 2 fully saturated rings. The smallest absolute Gasteiger partial charge is 0.250 e. The Kier molecular flexibility index (Phi) is 4.81. The summed E-state index contributed by atoms with van der Waals surface area (Å²) >= 11 is 0. The molecule has 2 amide bonds. The lowest BCUT2D eigenvalue weighted by Crippen LogP contribution is -2.32. The van der Waals surface area contributed by atoms with E-state index in [0.29, 0.717) is 5.56 Å². The lowest BCUT2D eigenvalue weighted by atomic mass is 10.1. The molecule has 0 saturated carbocycles. The summed E-state index contributed by atoms with van der Waals surface area (Å²) < 4.78 is 0. The summed E-state index contributed by atoms with van der Waals surface area (Å²) in [6.45, 7) is 3.45. The van der Waals surface area contributed by atoms with Crippen LogP contribution in [0.4, 0.5) is 11.4 Å². The number of nitrogens with two attached hydrogens (primary N) is 1. The Balaban J connectivity index is 1.81. The first-order chi connectivity index (χ1) is 11.1. The van der Waals surface area contributed by atoms with E-state index in [0.717, 1.165) is 56.8 Å². The maximum absolute atomic E-state index is 12.3. The van der Waals surface area contributed by atoms with Gasteiger partial charge in [-0.15, -0.1) is 0 Å². The number of piperidine rings is 1. The monoisotopic (exact) mass is 316 g/mol. The minimum atomic E-state index is -0.427. The van der Waals surface area contributed by atoms with Crippen LogP contribution in [0.5, 0.6) is 0 Å². The van der Waals surface area contributed by atoms with E-state index in [-0.39, 0.29) is 11.8 Å². The van der Waals surface area contributed by atoms with Crippen LogP contribution in [0.3, 0.4) is 0 Å². The predicted octanol–water partition coefficient (Wildman–Crippen LogP) is 1.32. The van der Waals surface area contributed by atoms with Crippen molar-refractivity contribution in [1.82, 2.24) is 5.32 Å². The fraction of sp³-hybridized carbons (Fsp3) is 0.529. The van der Waals surface area contributed by atoms with Crippen molar-refractivity contribution in [2.45, 2.75) is 25.7 Å². The van der Waals surface area contributed by atoms with E-state index in [4.69, 9.17) is 5.73 Å². The Bertz CT molecular complexity index is 590. The molecule has 2 heterocycles. The third-order valence-electron chi connectivity index (χ3n) is 4.66. The molecule has 0 radical (unpaired) electrons. The summed E-state index contributed by atoms with van der Waals surface area (Å²) in [5.41, 5.74) is 7.59. The second-order valence-electron chi connectivity index (χ2n) is 6.32. The number of hydrogen-bond acceptors (Lipinski definition) is 4. The molecule has 0 spiro atoms. The van der Waals surface area contributed by atoms with Crippen LogP contribution in [0.2, 0.25) is 0 Å². The zero-order valence-corrected chi connectivity index (χ0v) is 13.3. The van der Waals surface area contributed by atoms with Gasteiger partial charge in [0.05, 0.1) is 17.2 Å². The Morgan fingerprint density at radius 3 is 2.65 bits per heavy atom. The standard InChI is InChI=1S/C17H24N4O2/c18-16(22)14-5-4-13(20-17(23)12-6-7-19-11-12)10-15(14)21-8-2-1-3-9-21/h4-5,10,12,19H,1-3,6-9,11H2,(H2,18,22)(H,20,23). The minimum absolute atomic E-state index is 0.0178. The van der Waals surface area contributed by atoms with E-state index in [1.165, 1.54) is 6.42 Å². The molecule has 4 N–H and O–H groups in total. The summed E-state index contributed by atoms with van der Waals surface area (Å²) in [6.07, 6.45) is 4.31. The Morgan fingerprint density at radius 1 is 1.22 bits per heavy atom. The molecule has 23 heavy (non-hydrogen) atoms. The maximum Gasteiger partial charge on any atom is 0.250 e. The zero-order chi connectivity index (χ0) is 16.2. The molecule has 0 aromatic heterocycles. The van der Waals surface area contributed by atoms with Crippen molar-refractivity contribution < 1.29 is 9.59 Å². The SMILES string of the molecule is NC(=O)c1ccc(NC(=O)C2CCNC2)cc1N1CCCCC1. The van der Waals surface area contributed by atoms with Crippen molar-refractivity contribution in [3.05, 3.63) is 23.8 Å². The van der Waals surface area contributed by atoms with Gasteiger partial charge in [-0.2, -0.15) is 0 Å². The fourth-order valence-electron chi connectivity index (χ4n) is 3.34. The van der Waals surface area contributed by atoms with Crippen molar-refractivity contribution in [2.75, 3.05) is 36.4 Å². The molecule has 124 valence electrons. The summed E-state index contributed by atoms with van der Waals surface area (Å²) in [6, 6.07) is 5.36. The highest BCUT2D eigenvalue weighted by molar-refractivity contribution is 6.00. The van der Waals surface area contributed by atoms with Gasteiger partial charge >= 0.3 is 0 Å². The van der Waals surface area contributed by atoms with Gasteiger partial charge in [-0.05, 0) is 50.4 Å². The number of nitrogens with one attached hydrogen (secondary N) is 2. The van der Waals surface area contributed by atoms with E-state index in [9.17, 15) is 9.59 Å². The van der Waals surface area contributed by atoms with Gasteiger partial charge in [0, 0.05) is 25.3 Å². The van der Waals surface area contributed by atoms with Crippen molar-refractivity contribution in [3.63, 3.8) is 0 Å². The number of rotatable bonds is 4. The molecule has 2 aliphatic rings. The Labute approximate surface area is 136 Å². The molecule has 6 nitrogen and oxygen atoms in total. The third-order valence-corrected chi connectivity index (χ3v) is 4.66. The summed E-state index contributed by atoms with van der Waals surface area (Å²) in [7, 11) is 0. The molecule has 1 unspecified atom stereocenters. The largest absolute Gasteiger partial charge is 0.371 e. The van der Waals surface area contributed by atoms with Gasteiger partial charge in [0.25, 0.3) is 5.91 Å². The molecule has 3 rings (SSSR count). The lowest BCUT2D eigenvalue weighted by molar-refractivity contribution is -0.119. The Hall–Kier alpha value is -2.08. The molecule has 0 aliphatic carbocycles. The molecular formula is C17H24N4O2. The van der Waals surface area contributed by atoms with Crippen LogP contribution in [0.1, 0.15) is 36.0 Å². The number of amides is 2. The van der Waals surface area contributed by atoms with Crippen LogP contribution < -0.4 is 21.3 Å². The van der Waals surface area contributed by atoms with E-state index in [1.807, 2.05) is 6.07 Å². The van der Waals surface area contributed by atoms with Crippen LogP contribution in [0.25, 0.3) is 0 Å². The van der Waals surface area contributed by atoms with Crippen molar-refractivity contribution in [3.8, 4) is 0 Å². The number of primary amides is 1. The normalized spacial score (nSPS) is 21.2. The number of carbonyl (C=O) groups is 2. The first-order valence-electron chi connectivity index (χ1n) is 8.35. The van der Waals surface area contributed by atoms with E-state index in [1.54, 1.807) is 12.1 Å². The molecule has 0 bridgehead atoms. The molecule has 1 aromatic carbocycles. The van der Waals surface area contributed by atoms with Gasteiger partial charge in [0.15, 0.2) is 0 Å². The zero-order valence-electron chi connectivity index (χ0n) is 13.3. The number of hydrogen-bond donors (Lipinski definition) is 3. The van der Waals surface area contributed by atoms with Gasteiger partial charge in [-0.25, -0.2) is 0 Å². The number of benzene rings is 1. The Morgan fingerprint density at radius 2 is 2.00 bits per heavy atom. The number of nitrogens with zero attached hydrogens (tertiary/aromatic N) is 1. The van der Waals surface area contributed by atoms with E-state index < -0.39 is 5.91 Å². The first-order valence-corrected chi connectivity index (χ1v) is 8.35. The van der Waals surface area contributed by atoms with Gasteiger partial charge in [-0.3, -0.25) is 9.59 Å². The van der Waals surface area contributed by atoms with Crippen LogP contribution in [-0.2, 0) is 4.79 Å². The predicted molar refractivity (Wildman–Crippen MR) is 90.6 cm³/mol. The average Bonchev–Trinajstić information content (AvgIpc) is 3.10. The number of carbonyl (C=O) groups excluding carboxylic acids is 2. The summed E-state index contributed by atoms with van der Waals surface area (Å²) in [4.78, 5) is 26.2. The quantitative estimate of drug-likeness (QED) is 0.782. The van der Waals surface area contributed by atoms with Crippen molar-refractivity contribution >= 4 is 23.2 Å². The molecular weight excluding hydrogens is 292 g/mol. The van der Waals surface area contributed by atoms with Gasteiger partial charge in [0.2, 0.25) is 5.91 Å². The molecule has 2 saturated heterocycles. The second kappa shape index (κ2) is 7.00. The van der Waals surface area contributed by atoms with E-state index >= 15 is 0 Å². The summed E-state index contributed by atoms with van der Waals surface area (Å²) in [5, 5.41) is 6.17. The topological polar surface area (TPSA) is 87.5 Å². The molecule has 6 heteroatoms. The maximum atomic E-state index is 12.3. The highest BCUT2D eigenvalue weighted by atomic mass is 16.2. The lowest BCUT2D eigenvalue weighted by Gasteiger charge is -2.30. The second-order valence-corrected chi connectivity index (χ2v) is 6.32. The highest BCUT2D eigenvalue weighted by Gasteiger charge is 2.23. The fourth-order valence-corrected chi connectivity index (χ4v) is 3.34. The number of anilines is 2. The van der Waals surface area contributed by atoms with Crippen LogP contribution >= 0.6 is 0 Å². The van der Waals surface area contributed by atoms with Crippen LogP contribution in [-0.4, -0.2) is 38.0 Å². The molecule has 1 aromatic rings. The van der Waals surface area contributed by atoms with Gasteiger partial charge < -0.3 is 21.3 Å². The van der Waals surface area contributed by atoms with E-state index in [2.05, 4.69) is 15.5 Å². The molecule has 1 atom stereocenters. The van der Waals surface area contributed by atoms with Crippen molar-refractivity contribution in [2.24, 2.45) is 11.7 Å². The summed E-state index contributed by atoms with van der Waals surface area (Å²) in [5.74, 6) is -0.376. The van der Waals surface area contributed by atoms with Gasteiger partial charge in [0.1, 0.15) is 0 Å². The highest BCUT2D eigenvalue weighted by Crippen LogP contribution is 2.28. The third kappa shape index (κ3) is 3.64. The van der Waals surface area contributed by atoms with Crippen LogP contribution in [0.15, 0.2) is 18.2 Å². The van der Waals surface area contributed by atoms with Crippen molar-refractivity contribution in [1.29, 1.82) is 0 Å². The first kappa shape index (κ1) is 15.8. The average molecular weight is 316 g/mol. The minimum Gasteiger partial charge on any atom is -0.371 e. The molecule has 2 aliphatic heterocycles.